The van der Waals surface area contributed by atoms with Crippen molar-refractivity contribution in [1.29, 1.82) is 0 Å². The summed E-state index contributed by atoms with van der Waals surface area (Å²) in [5.41, 5.74) is 1.48. The standard InChI is InChI=1S/C16H13BrClNO2/c1-3-9-21-11-5-6-12(13(17)10-11)15-8-7-14(18)16(20)19(15)4-2/h1,5-8,10H,4,9H2,2H3. The summed E-state index contributed by atoms with van der Waals surface area (Å²) in [7, 11) is 0. The van der Waals surface area contributed by atoms with Gasteiger partial charge in [-0.2, -0.15) is 0 Å². The summed E-state index contributed by atoms with van der Waals surface area (Å²) in [5, 5.41) is 0.214. The van der Waals surface area contributed by atoms with Gasteiger partial charge in [0.05, 0.1) is 5.69 Å². The number of aromatic nitrogens is 1. The second kappa shape index (κ2) is 6.84. The first-order valence-electron chi connectivity index (χ1n) is 6.34. The number of ether oxygens (including phenoxy) is 1. The summed E-state index contributed by atoms with van der Waals surface area (Å²) in [6.07, 6.45) is 5.17. The Labute approximate surface area is 136 Å². The molecule has 0 amide bonds. The second-order valence-electron chi connectivity index (χ2n) is 4.25. The van der Waals surface area contributed by atoms with Crippen molar-refractivity contribution in [3.8, 4) is 29.4 Å². The van der Waals surface area contributed by atoms with E-state index in [0.29, 0.717) is 12.3 Å². The smallest absolute Gasteiger partial charge is 0.269 e. The van der Waals surface area contributed by atoms with Gasteiger partial charge in [0.25, 0.3) is 5.56 Å². The fraction of sp³-hybridized carbons (Fsp3) is 0.188. The molecule has 0 saturated heterocycles. The van der Waals surface area contributed by atoms with Crippen molar-refractivity contribution in [2.45, 2.75) is 13.5 Å². The zero-order valence-corrected chi connectivity index (χ0v) is 13.7. The van der Waals surface area contributed by atoms with Gasteiger partial charge >= 0.3 is 0 Å². The van der Waals surface area contributed by atoms with Gasteiger partial charge < -0.3 is 9.30 Å². The van der Waals surface area contributed by atoms with Gasteiger partial charge in [-0.25, -0.2) is 0 Å². The normalized spacial score (nSPS) is 10.2. The first-order chi connectivity index (χ1) is 10.1. The quantitative estimate of drug-likeness (QED) is 0.767. The molecule has 0 aliphatic rings. The van der Waals surface area contributed by atoms with Crippen LogP contribution < -0.4 is 10.3 Å². The highest BCUT2D eigenvalue weighted by Crippen LogP contribution is 2.31. The van der Waals surface area contributed by atoms with E-state index in [2.05, 4.69) is 21.9 Å². The minimum atomic E-state index is -0.198. The number of benzene rings is 1. The van der Waals surface area contributed by atoms with Gasteiger partial charge in [-0.15, -0.1) is 6.42 Å². The molecule has 0 spiro atoms. The number of hydrogen-bond acceptors (Lipinski definition) is 2. The molecule has 2 rings (SSSR count). The fourth-order valence-electron chi connectivity index (χ4n) is 2.02. The minimum Gasteiger partial charge on any atom is -0.481 e. The zero-order valence-electron chi connectivity index (χ0n) is 11.4. The molecule has 0 unspecified atom stereocenters. The molecule has 3 nitrogen and oxygen atoms in total. The van der Waals surface area contributed by atoms with E-state index in [4.69, 9.17) is 22.8 Å². The topological polar surface area (TPSA) is 31.2 Å². The van der Waals surface area contributed by atoms with Crippen LogP contribution in [0.2, 0.25) is 5.02 Å². The molecule has 21 heavy (non-hydrogen) atoms. The maximum atomic E-state index is 12.1. The third-order valence-corrected chi connectivity index (χ3v) is 3.93. The Morgan fingerprint density at radius 3 is 2.76 bits per heavy atom. The summed E-state index contributed by atoms with van der Waals surface area (Å²) < 4.78 is 7.82. The van der Waals surface area contributed by atoms with E-state index in [1.165, 1.54) is 0 Å². The molecular weight excluding hydrogens is 354 g/mol. The third kappa shape index (κ3) is 3.31. The molecule has 0 aliphatic heterocycles. The number of nitrogens with zero attached hydrogens (tertiary/aromatic N) is 1. The van der Waals surface area contributed by atoms with Crippen LogP contribution in [0.15, 0.2) is 39.6 Å². The highest BCUT2D eigenvalue weighted by atomic mass is 79.9. The van der Waals surface area contributed by atoms with Gasteiger partial charge in [0.1, 0.15) is 17.4 Å². The Balaban J connectivity index is 2.51. The van der Waals surface area contributed by atoms with Crippen molar-refractivity contribution in [1.82, 2.24) is 4.57 Å². The molecule has 0 aliphatic carbocycles. The number of terminal acetylenes is 1. The number of pyridine rings is 1. The number of rotatable bonds is 4. The Hall–Kier alpha value is -1.70. The molecule has 0 fully saturated rings. The molecule has 0 saturated carbocycles. The highest BCUT2D eigenvalue weighted by Gasteiger charge is 2.11. The van der Waals surface area contributed by atoms with Crippen LogP contribution in [0.25, 0.3) is 11.3 Å². The maximum Gasteiger partial charge on any atom is 0.269 e. The van der Waals surface area contributed by atoms with E-state index in [0.717, 1.165) is 15.7 Å². The van der Waals surface area contributed by atoms with E-state index in [-0.39, 0.29) is 17.2 Å². The summed E-state index contributed by atoms with van der Waals surface area (Å²) in [4.78, 5) is 12.1. The van der Waals surface area contributed by atoms with E-state index >= 15 is 0 Å². The summed E-state index contributed by atoms with van der Waals surface area (Å²) in [5.74, 6) is 3.09. The van der Waals surface area contributed by atoms with Gasteiger partial charge in [0.2, 0.25) is 0 Å². The van der Waals surface area contributed by atoms with Crippen LogP contribution in [-0.2, 0) is 6.54 Å². The lowest BCUT2D eigenvalue weighted by Gasteiger charge is -2.13. The lowest BCUT2D eigenvalue weighted by molar-refractivity contribution is 0.370. The maximum absolute atomic E-state index is 12.1. The number of halogens is 2. The Kier molecular flexibility index (Phi) is 5.11. The van der Waals surface area contributed by atoms with Gasteiger partial charge in [0, 0.05) is 16.6 Å². The molecule has 0 bridgehead atoms. The molecule has 2 aromatic rings. The second-order valence-corrected chi connectivity index (χ2v) is 5.51. The lowest BCUT2D eigenvalue weighted by atomic mass is 10.1. The van der Waals surface area contributed by atoms with Crippen LogP contribution in [-0.4, -0.2) is 11.2 Å². The summed E-state index contributed by atoms with van der Waals surface area (Å²) in [6, 6.07) is 8.96. The van der Waals surface area contributed by atoms with Crippen LogP contribution in [0.4, 0.5) is 0 Å². The number of hydrogen-bond donors (Lipinski definition) is 0. The Morgan fingerprint density at radius 1 is 1.38 bits per heavy atom. The third-order valence-electron chi connectivity index (χ3n) is 2.98. The fourth-order valence-corrected chi connectivity index (χ4v) is 2.75. The molecule has 1 aromatic carbocycles. The first kappa shape index (κ1) is 15.7. The Bertz CT molecular complexity index is 762. The molecule has 1 aromatic heterocycles. The first-order valence-corrected chi connectivity index (χ1v) is 7.51. The van der Waals surface area contributed by atoms with Gasteiger partial charge in [-0.05, 0) is 53.2 Å². The van der Waals surface area contributed by atoms with Crippen LogP contribution in [0.3, 0.4) is 0 Å². The largest absolute Gasteiger partial charge is 0.481 e. The predicted octanol–water partition coefficient (Wildman–Crippen LogP) is 3.96. The minimum absolute atomic E-state index is 0.198. The molecule has 0 radical (unpaired) electrons. The van der Waals surface area contributed by atoms with Crippen molar-refractivity contribution in [3.05, 3.63) is 50.2 Å². The molecule has 1 heterocycles. The molecule has 5 heteroatoms. The average Bonchev–Trinajstić information content (AvgIpc) is 2.48. The Morgan fingerprint density at radius 2 is 2.14 bits per heavy atom. The predicted molar refractivity (Wildman–Crippen MR) is 88.9 cm³/mol. The van der Waals surface area contributed by atoms with Crippen molar-refractivity contribution in [2.24, 2.45) is 0 Å². The van der Waals surface area contributed by atoms with E-state index < -0.39 is 0 Å². The molecule has 0 N–H and O–H groups in total. The van der Waals surface area contributed by atoms with E-state index in [1.54, 1.807) is 10.6 Å². The van der Waals surface area contributed by atoms with Crippen molar-refractivity contribution in [2.75, 3.05) is 6.61 Å². The van der Waals surface area contributed by atoms with Crippen LogP contribution in [0.5, 0.6) is 5.75 Å². The SMILES string of the molecule is C#CCOc1ccc(-c2ccc(Cl)c(=O)n2CC)c(Br)c1. The van der Waals surface area contributed by atoms with Crippen LogP contribution in [0.1, 0.15) is 6.92 Å². The van der Waals surface area contributed by atoms with E-state index in [9.17, 15) is 4.79 Å². The average molecular weight is 367 g/mol. The van der Waals surface area contributed by atoms with E-state index in [1.807, 2.05) is 31.2 Å². The molecule has 0 atom stereocenters. The van der Waals surface area contributed by atoms with Crippen molar-refractivity contribution in [3.63, 3.8) is 0 Å². The highest BCUT2D eigenvalue weighted by molar-refractivity contribution is 9.10. The van der Waals surface area contributed by atoms with Gasteiger partial charge in [-0.3, -0.25) is 4.79 Å². The van der Waals surface area contributed by atoms with Crippen molar-refractivity contribution >= 4 is 27.5 Å². The lowest BCUT2D eigenvalue weighted by Crippen LogP contribution is -2.21. The summed E-state index contributed by atoms with van der Waals surface area (Å²) >= 11 is 9.39. The monoisotopic (exact) mass is 365 g/mol. The van der Waals surface area contributed by atoms with Crippen LogP contribution >= 0.6 is 27.5 Å². The van der Waals surface area contributed by atoms with Gasteiger partial charge in [0.15, 0.2) is 0 Å². The molecular formula is C16H13BrClNO2. The summed E-state index contributed by atoms with van der Waals surface area (Å²) in [6.45, 7) is 2.66. The zero-order chi connectivity index (χ0) is 15.4. The molecule has 108 valence electrons. The van der Waals surface area contributed by atoms with Crippen LogP contribution in [0, 0.1) is 12.3 Å². The van der Waals surface area contributed by atoms with Crippen molar-refractivity contribution < 1.29 is 4.74 Å². The van der Waals surface area contributed by atoms with Gasteiger partial charge in [-0.1, -0.05) is 17.5 Å².